The molecule has 6 N–H and O–H groups in total. The summed E-state index contributed by atoms with van der Waals surface area (Å²) >= 11 is 0. The molecule has 2 aromatic rings. The smallest absolute Gasteiger partial charge is 0.255 e. The third-order valence-electron chi connectivity index (χ3n) is 8.55. The maximum Gasteiger partial charge on any atom is 0.255 e. The molecule has 0 unspecified atom stereocenters. The fraction of sp³-hybridized carbons (Fsp3) is 0.355. The Hall–Kier alpha value is -4.32. The minimum Gasteiger partial charge on any atom is -0.508 e. The van der Waals surface area contributed by atoms with E-state index in [0.29, 0.717) is 11.1 Å². The molecule has 5 rings (SSSR count). The molecule has 0 heterocycles. The molecule has 1 amide bonds. The van der Waals surface area contributed by atoms with Crippen LogP contribution in [-0.2, 0) is 36.8 Å². The van der Waals surface area contributed by atoms with E-state index in [4.69, 9.17) is 10.5 Å². The first-order chi connectivity index (χ1) is 19.8. The predicted octanol–water partition coefficient (Wildman–Crippen LogP) is 1.39. The number of hydrogen-bond donors (Lipinski definition) is 5. The number of ketones is 3. The van der Waals surface area contributed by atoms with Crippen LogP contribution in [0.15, 0.2) is 53.3 Å². The Morgan fingerprint density at radius 1 is 1.12 bits per heavy atom. The van der Waals surface area contributed by atoms with Gasteiger partial charge in [0, 0.05) is 25.0 Å². The fourth-order valence-corrected chi connectivity index (χ4v) is 6.80. The summed E-state index contributed by atoms with van der Waals surface area (Å²) in [7, 11) is 4.54. The highest BCUT2D eigenvalue weighted by Crippen LogP contribution is 2.53. The second-order valence-electron chi connectivity index (χ2n) is 11.3. The zero-order chi connectivity index (χ0) is 30.7. The number of phenolic OH excluding ortho intramolecular Hbond substituents is 1. The Balaban J connectivity index is 1.66. The van der Waals surface area contributed by atoms with E-state index in [2.05, 4.69) is 0 Å². The van der Waals surface area contributed by atoms with Gasteiger partial charge in [-0.2, -0.15) is 0 Å². The fourth-order valence-electron chi connectivity index (χ4n) is 6.80. The molecule has 11 heteroatoms. The number of hydrogen-bond acceptors (Lipinski definition) is 10. The molecule has 0 saturated heterocycles. The van der Waals surface area contributed by atoms with Crippen LogP contribution in [0.3, 0.4) is 0 Å². The zero-order valence-electron chi connectivity index (χ0n) is 23.4. The summed E-state index contributed by atoms with van der Waals surface area (Å²) in [6.45, 7) is -0.0222. The number of ether oxygens (including phenoxy) is 1. The molecule has 2 aromatic carbocycles. The van der Waals surface area contributed by atoms with E-state index in [1.807, 2.05) is 18.2 Å². The number of carbonyl (C=O) groups excluding carboxylic acids is 4. The van der Waals surface area contributed by atoms with Crippen molar-refractivity contribution in [1.82, 2.24) is 4.90 Å². The van der Waals surface area contributed by atoms with Crippen LogP contribution in [0.5, 0.6) is 5.75 Å². The third-order valence-corrected chi connectivity index (χ3v) is 8.55. The molecule has 220 valence electrons. The number of nitrogens with zero attached hydrogens (tertiary/aromatic N) is 1. The van der Waals surface area contributed by atoms with Crippen molar-refractivity contribution in [3.63, 3.8) is 0 Å². The maximum absolute atomic E-state index is 14.0. The van der Waals surface area contributed by atoms with E-state index < -0.39 is 58.0 Å². The Kier molecular flexibility index (Phi) is 7.30. The van der Waals surface area contributed by atoms with Crippen molar-refractivity contribution in [2.75, 3.05) is 27.8 Å². The van der Waals surface area contributed by atoms with Crippen molar-refractivity contribution in [2.24, 2.45) is 17.6 Å². The first kappa shape index (κ1) is 29.2. The van der Waals surface area contributed by atoms with Gasteiger partial charge in [-0.25, -0.2) is 0 Å². The van der Waals surface area contributed by atoms with Crippen molar-refractivity contribution in [3.8, 4) is 16.9 Å². The summed E-state index contributed by atoms with van der Waals surface area (Å²) in [6.07, 6.45) is 0.302. The van der Waals surface area contributed by atoms with Crippen LogP contribution in [0.25, 0.3) is 16.9 Å². The minimum atomic E-state index is -2.69. The van der Waals surface area contributed by atoms with Gasteiger partial charge < -0.3 is 30.9 Å². The standard InChI is InChI=1S/C31H32N2O9/c1-33(2)25-20-12-16-11-19-18(15-6-4-5-14(9-15)10-17(34)13-42-3)7-8-21(35)23(19)26(36)22(16)28(38)31(20,41)29(39)24(27(25)37)30(32)40/h4-9,16,20,25,35-36,39,41H,10-13H2,1-3H3,(H2,32,40)/t16-,20-,25-,31-/m1/s1. The van der Waals surface area contributed by atoms with Gasteiger partial charge in [0.25, 0.3) is 5.91 Å². The van der Waals surface area contributed by atoms with Crippen molar-refractivity contribution in [2.45, 2.75) is 30.9 Å². The Morgan fingerprint density at radius 3 is 2.48 bits per heavy atom. The van der Waals surface area contributed by atoms with E-state index >= 15 is 0 Å². The molecule has 1 fully saturated rings. The normalized spacial score (nSPS) is 25.3. The monoisotopic (exact) mass is 576 g/mol. The number of rotatable bonds is 7. The number of likely N-dealkylation sites (N-methyl/N-ethyl adjacent to an activating group) is 1. The van der Waals surface area contributed by atoms with Crippen molar-refractivity contribution >= 4 is 29.0 Å². The molecule has 4 atom stereocenters. The zero-order valence-corrected chi connectivity index (χ0v) is 23.4. The molecular weight excluding hydrogens is 544 g/mol. The van der Waals surface area contributed by atoms with Crippen LogP contribution in [-0.4, -0.2) is 88.0 Å². The van der Waals surface area contributed by atoms with E-state index in [9.17, 15) is 39.6 Å². The minimum absolute atomic E-state index is 0.00431. The number of aliphatic hydroxyl groups excluding tert-OH is 2. The van der Waals surface area contributed by atoms with E-state index in [1.165, 1.54) is 18.1 Å². The van der Waals surface area contributed by atoms with Gasteiger partial charge in [0.2, 0.25) is 5.78 Å². The summed E-state index contributed by atoms with van der Waals surface area (Å²) in [4.78, 5) is 53.0. The lowest BCUT2D eigenvalue weighted by molar-refractivity contribution is -0.153. The summed E-state index contributed by atoms with van der Waals surface area (Å²) < 4.78 is 4.93. The number of primary amides is 1. The van der Waals surface area contributed by atoms with E-state index in [1.54, 1.807) is 26.2 Å². The lowest BCUT2D eigenvalue weighted by Crippen LogP contribution is -2.65. The van der Waals surface area contributed by atoms with Gasteiger partial charge in [-0.05, 0) is 61.2 Å². The van der Waals surface area contributed by atoms with Gasteiger partial charge in [0.05, 0.1) is 11.6 Å². The number of benzene rings is 2. The Labute approximate surface area is 241 Å². The van der Waals surface area contributed by atoms with Crippen LogP contribution in [0.1, 0.15) is 23.1 Å². The van der Waals surface area contributed by atoms with Crippen LogP contribution in [0, 0.1) is 11.8 Å². The molecule has 3 aliphatic rings. The number of amides is 1. The SMILES string of the molecule is COCC(=O)Cc1cccc(-c2ccc(O)c3c2C[C@@H]2C[C@@H]4[C@@H](N(C)C)C(=O)C(C(N)=O)=C(O)[C@]4(O)C(=O)C2=C3O)c1. The second-order valence-corrected chi connectivity index (χ2v) is 11.3. The number of phenols is 1. The highest BCUT2D eigenvalue weighted by atomic mass is 16.5. The van der Waals surface area contributed by atoms with E-state index in [-0.39, 0.29) is 48.5 Å². The lowest BCUT2D eigenvalue weighted by atomic mass is 9.57. The average Bonchev–Trinajstić information content (AvgIpc) is 2.90. The molecule has 0 aromatic heterocycles. The molecule has 0 aliphatic heterocycles. The average molecular weight is 577 g/mol. The molecule has 1 saturated carbocycles. The molecule has 11 nitrogen and oxygen atoms in total. The molecular formula is C31H32N2O9. The quantitative estimate of drug-likeness (QED) is 0.301. The first-order valence-corrected chi connectivity index (χ1v) is 13.4. The van der Waals surface area contributed by atoms with Crippen LogP contribution in [0.4, 0.5) is 0 Å². The predicted molar refractivity (Wildman–Crippen MR) is 150 cm³/mol. The lowest BCUT2D eigenvalue weighted by Gasteiger charge is -2.50. The van der Waals surface area contributed by atoms with E-state index in [0.717, 1.165) is 11.1 Å². The summed E-state index contributed by atoms with van der Waals surface area (Å²) in [5.74, 6) is -7.10. The molecule has 0 bridgehead atoms. The van der Waals surface area contributed by atoms with Gasteiger partial charge in [-0.3, -0.25) is 24.1 Å². The van der Waals surface area contributed by atoms with Crippen molar-refractivity contribution < 1.29 is 44.3 Å². The Morgan fingerprint density at radius 2 is 1.83 bits per heavy atom. The number of aromatic hydroxyl groups is 1. The number of aliphatic hydroxyl groups is 3. The number of fused-ring (bicyclic) bond motifs is 3. The van der Waals surface area contributed by atoms with Gasteiger partial charge in [-0.1, -0.05) is 30.3 Å². The summed E-state index contributed by atoms with van der Waals surface area (Å²) in [6, 6.07) is 9.16. The van der Waals surface area contributed by atoms with Gasteiger partial charge in [0.1, 0.15) is 29.4 Å². The van der Waals surface area contributed by atoms with Gasteiger partial charge >= 0.3 is 0 Å². The number of nitrogens with two attached hydrogens (primary N) is 1. The largest absolute Gasteiger partial charge is 0.508 e. The summed E-state index contributed by atoms with van der Waals surface area (Å²) in [5.41, 5.74) is 4.27. The van der Waals surface area contributed by atoms with Crippen molar-refractivity contribution in [3.05, 3.63) is 70.0 Å². The second kappa shape index (κ2) is 10.5. The first-order valence-electron chi connectivity index (χ1n) is 13.4. The highest BCUT2D eigenvalue weighted by Gasteiger charge is 2.64. The van der Waals surface area contributed by atoms with Crippen molar-refractivity contribution in [1.29, 1.82) is 0 Å². The van der Waals surface area contributed by atoms with Crippen LogP contribution in [0.2, 0.25) is 0 Å². The Bertz CT molecular complexity index is 1610. The molecule has 3 aliphatic carbocycles. The third kappa shape index (κ3) is 4.32. The number of Topliss-reactive ketones (excluding diaryl/α,β-unsaturated/α-hetero) is 3. The molecule has 42 heavy (non-hydrogen) atoms. The maximum atomic E-state index is 14.0. The van der Waals surface area contributed by atoms with Crippen LogP contribution < -0.4 is 5.73 Å². The topological polar surface area (TPSA) is 188 Å². The number of methoxy groups -OCH3 is 1. The number of carbonyl (C=O) groups is 4. The highest BCUT2D eigenvalue weighted by molar-refractivity contribution is 6.24. The molecule has 0 spiro atoms. The van der Waals surface area contributed by atoms with Gasteiger partial charge in [-0.15, -0.1) is 0 Å². The summed E-state index contributed by atoms with van der Waals surface area (Å²) in [5, 5.41) is 45.0. The van der Waals surface area contributed by atoms with Gasteiger partial charge in [0.15, 0.2) is 17.2 Å². The molecule has 0 radical (unpaired) electrons. The van der Waals surface area contributed by atoms with Crippen LogP contribution >= 0.6 is 0 Å².